The van der Waals surface area contributed by atoms with Gasteiger partial charge in [0.1, 0.15) is 0 Å². The fraction of sp³-hybridized carbons (Fsp3) is 0. The second-order valence-corrected chi connectivity index (χ2v) is 5.13. The van der Waals surface area contributed by atoms with Crippen molar-refractivity contribution in [1.29, 1.82) is 0 Å². The molecular formula is C12H10Br2N2O2. The number of halogens is 2. The summed E-state index contributed by atoms with van der Waals surface area (Å²) in [5.41, 5.74) is 12.6. The second kappa shape index (κ2) is 5.49. The lowest BCUT2D eigenvalue weighted by Crippen LogP contribution is -2.04. The Morgan fingerprint density at radius 2 is 1.50 bits per heavy atom. The van der Waals surface area contributed by atoms with Crippen molar-refractivity contribution >= 4 is 43.2 Å². The van der Waals surface area contributed by atoms with Gasteiger partial charge in [-0.3, -0.25) is 9.78 Å². The molecule has 0 atom stereocenters. The van der Waals surface area contributed by atoms with E-state index in [-0.39, 0.29) is 0 Å². The van der Waals surface area contributed by atoms with Crippen LogP contribution in [-0.4, -0.2) is 0 Å². The van der Waals surface area contributed by atoms with Crippen molar-refractivity contribution < 1.29 is 9.78 Å². The molecule has 0 bridgehead atoms. The monoisotopic (exact) mass is 372 g/mol. The minimum atomic E-state index is 0.423. The predicted molar refractivity (Wildman–Crippen MR) is 78.4 cm³/mol. The largest absolute Gasteiger partial charge is 0.398 e. The Kier molecular flexibility index (Phi) is 3.98. The Bertz CT molecular complexity index is 556. The minimum Gasteiger partial charge on any atom is -0.398 e. The number of nitrogen functional groups attached to an aromatic ring is 2. The molecule has 0 saturated carbocycles. The topological polar surface area (TPSA) is 70.5 Å². The Morgan fingerprint density at radius 1 is 0.833 bits per heavy atom. The first kappa shape index (κ1) is 13.0. The van der Waals surface area contributed by atoms with E-state index in [1.165, 1.54) is 0 Å². The molecule has 0 fully saturated rings. The molecule has 0 aliphatic carbocycles. The third-order valence-corrected chi connectivity index (χ3v) is 3.68. The normalized spacial score (nSPS) is 10.1. The fourth-order valence-corrected chi connectivity index (χ4v) is 2.07. The lowest BCUT2D eigenvalue weighted by Gasteiger charge is -2.11. The van der Waals surface area contributed by atoms with Crippen LogP contribution in [-0.2, 0) is 0 Å². The van der Waals surface area contributed by atoms with Gasteiger partial charge in [0, 0.05) is 5.69 Å². The van der Waals surface area contributed by atoms with E-state index in [4.69, 9.17) is 21.2 Å². The Balaban J connectivity index is 2.19. The highest BCUT2D eigenvalue weighted by molar-refractivity contribution is 9.11. The van der Waals surface area contributed by atoms with Gasteiger partial charge in [-0.15, -0.1) is 0 Å². The molecule has 0 aliphatic heterocycles. The van der Waals surface area contributed by atoms with Gasteiger partial charge < -0.3 is 11.5 Å². The predicted octanol–water partition coefficient (Wildman–Crippen LogP) is 3.75. The standard InChI is InChI=1S/C12H10Br2N2O2/c13-7-3-1-5-9(16)12(7)18-17-10-6-2-4-8(15)11(10)14/h1-6H,15-16H2. The molecule has 18 heavy (non-hydrogen) atoms. The van der Waals surface area contributed by atoms with Crippen LogP contribution < -0.4 is 21.2 Å². The number of para-hydroxylation sites is 1. The number of hydrogen-bond donors (Lipinski definition) is 2. The van der Waals surface area contributed by atoms with Gasteiger partial charge in [0.25, 0.3) is 0 Å². The van der Waals surface area contributed by atoms with Crippen molar-refractivity contribution in [3.05, 3.63) is 45.3 Å². The van der Waals surface area contributed by atoms with Crippen LogP contribution in [0.2, 0.25) is 0 Å². The molecule has 0 amide bonds. The van der Waals surface area contributed by atoms with E-state index < -0.39 is 0 Å². The van der Waals surface area contributed by atoms with Crippen LogP contribution in [0.25, 0.3) is 0 Å². The molecule has 4 N–H and O–H groups in total. The zero-order valence-corrected chi connectivity index (χ0v) is 12.4. The summed E-state index contributed by atoms with van der Waals surface area (Å²) in [6.07, 6.45) is 0. The molecule has 2 rings (SSSR count). The zero-order chi connectivity index (χ0) is 13.1. The maximum Gasteiger partial charge on any atom is 0.215 e. The molecule has 6 heteroatoms. The van der Waals surface area contributed by atoms with E-state index in [1.807, 2.05) is 12.1 Å². The molecule has 0 aliphatic rings. The first-order valence-corrected chi connectivity index (χ1v) is 6.60. The first-order chi connectivity index (χ1) is 8.59. The molecule has 0 spiro atoms. The van der Waals surface area contributed by atoms with Gasteiger partial charge in [0.15, 0.2) is 5.75 Å². The van der Waals surface area contributed by atoms with Crippen molar-refractivity contribution in [2.24, 2.45) is 0 Å². The summed E-state index contributed by atoms with van der Waals surface area (Å²) in [4.78, 5) is 10.5. The Morgan fingerprint density at radius 3 is 2.22 bits per heavy atom. The fourth-order valence-electron chi connectivity index (χ4n) is 1.29. The average Bonchev–Trinajstić information content (AvgIpc) is 2.33. The number of anilines is 2. The molecule has 4 nitrogen and oxygen atoms in total. The maximum atomic E-state index is 5.78. The van der Waals surface area contributed by atoms with Crippen molar-refractivity contribution in [1.82, 2.24) is 0 Å². The number of nitrogens with two attached hydrogens (primary N) is 2. The molecule has 94 valence electrons. The second-order valence-electron chi connectivity index (χ2n) is 3.48. The lowest BCUT2D eigenvalue weighted by molar-refractivity contribution is -0.100. The van der Waals surface area contributed by atoms with E-state index >= 15 is 0 Å². The van der Waals surface area contributed by atoms with Gasteiger partial charge in [-0.2, -0.15) is 0 Å². The van der Waals surface area contributed by atoms with E-state index in [9.17, 15) is 0 Å². The summed E-state index contributed by atoms with van der Waals surface area (Å²) in [6, 6.07) is 10.6. The maximum absolute atomic E-state index is 5.78. The van der Waals surface area contributed by atoms with Crippen LogP contribution in [0, 0.1) is 0 Å². The van der Waals surface area contributed by atoms with Crippen LogP contribution in [0.4, 0.5) is 11.4 Å². The van der Waals surface area contributed by atoms with E-state index in [0.29, 0.717) is 31.8 Å². The van der Waals surface area contributed by atoms with Crippen molar-refractivity contribution in [3.8, 4) is 11.5 Å². The molecular weight excluding hydrogens is 364 g/mol. The molecule has 0 unspecified atom stereocenters. The van der Waals surface area contributed by atoms with Gasteiger partial charge in [-0.1, -0.05) is 12.1 Å². The first-order valence-electron chi connectivity index (χ1n) is 5.02. The van der Waals surface area contributed by atoms with Crippen molar-refractivity contribution in [2.75, 3.05) is 11.5 Å². The van der Waals surface area contributed by atoms with E-state index in [0.717, 1.165) is 0 Å². The summed E-state index contributed by atoms with van der Waals surface area (Å²) >= 11 is 6.65. The third kappa shape index (κ3) is 2.70. The van der Waals surface area contributed by atoms with Crippen molar-refractivity contribution in [3.63, 3.8) is 0 Å². The van der Waals surface area contributed by atoms with Crippen LogP contribution in [0.1, 0.15) is 0 Å². The number of hydrogen-bond acceptors (Lipinski definition) is 4. The highest BCUT2D eigenvalue weighted by Gasteiger charge is 2.10. The molecule has 0 saturated heterocycles. The van der Waals surface area contributed by atoms with Gasteiger partial charge >= 0.3 is 0 Å². The third-order valence-electron chi connectivity index (χ3n) is 2.21. The van der Waals surface area contributed by atoms with Gasteiger partial charge in [-0.05, 0) is 56.1 Å². The molecule has 2 aromatic rings. The number of rotatable bonds is 3. The Hall–Kier alpha value is -1.40. The van der Waals surface area contributed by atoms with Gasteiger partial charge in [0.05, 0.1) is 14.6 Å². The highest BCUT2D eigenvalue weighted by atomic mass is 79.9. The zero-order valence-electron chi connectivity index (χ0n) is 9.19. The van der Waals surface area contributed by atoms with Crippen LogP contribution in [0.5, 0.6) is 11.5 Å². The smallest absolute Gasteiger partial charge is 0.215 e. The lowest BCUT2D eigenvalue weighted by atomic mass is 10.3. The quantitative estimate of drug-likeness (QED) is 0.488. The summed E-state index contributed by atoms with van der Waals surface area (Å²) in [6.45, 7) is 0. The van der Waals surface area contributed by atoms with Crippen LogP contribution in [0.3, 0.4) is 0 Å². The minimum absolute atomic E-state index is 0.423. The van der Waals surface area contributed by atoms with E-state index in [1.54, 1.807) is 24.3 Å². The molecule has 0 aromatic heterocycles. The Labute approximate surface area is 121 Å². The summed E-state index contributed by atoms with van der Waals surface area (Å²) < 4.78 is 1.35. The molecule has 0 radical (unpaired) electrons. The summed E-state index contributed by atoms with van der Waals surface area (Å²) in [5.74, 6) is 0.900. The van der Waals surface area contributed by atoms with Crippen LogP contribution >= 0.6 is 31.9 Å². The van der Waals surface area contributed by atoms with Crippen LogP contribution in [0.15, 0.2) is 45.3 Å². The van der Waals surface area contributed by atoms with E-state index in [2.05, 4.69) is 31.9 Å². The summed E-state index contributed by atoms with van der Waals surface area (Å²) in [7, 11) is 0. The highest BCUT2D eigenvalue weighted by Crippen LogP contribution is 2.34. The molecule has 2 aromatic carbocycles. The summed E-state index contributed by atoms with van der Waals surface area (Å²) in [5, 5.41) is 0. The number of benzene rings is 2. The molecule has 0 heterocycles. The SMILES string of the molecule is Nc1cccc(OOc2c(N)cccc2Br)c1Br. The van der Waals surface area contributed by atoms with Crippen molar-refractivity contribution in [2.45, 2.75) is 0 Å². The van der Waals surface area contributed by atoms with Gasteiger partial charge in [0.2, 0.25) is 5.75 Å². The van der Waals surface area contributed by atoms with Gasteiger partial charge in [-0.25, -0.2) is 0 Å². The average molecular weight is 374 g/mol.